The van der Waals surface area contributed by atoms with Crippen LogP contribution in [0.5, 0.6) is 0 Å². The third-order valence-electron chi connectivity index (χ3n) is 2.50. The second-order valence-corrected chi connectivity index (χ2v) is 4.00. The van der Waals surface area contributed by atoms with Gasteiger partial charge in [-0.2, -0.15) is 0 Å². The van der Waals surface area contributed by atoms with Gasteiger partial charge in [0.15, 0.2) is 0 Å². The summed E-state index contributed by atoms with van der Waals surface area (Å²) in [6.07, 6.45) is 7.48. The zero-order chi connectivity index (χ0) is 11.9. The summed E-state index contributed by atoms with van der Waals surface area (Å²) in [5.41, 5.74) is 3.40. The van der Waals surface area contributed by atoms with Crippen LogP contribution < -0.4 is 5.32 Å². The van der Waals surface area contributed by atoms with Crippen molar-refractivity contribution in [1.29, 1.82) is 0 Å². The van der Waals surface area contributed by atoms with Gasteiger partial charge in [-0.15, -0.1) is 0 Å². The minimum Gasteiger partial charge on any atom is -0.385 e. The van der Waals surface area contributed by atoms with Gasteiger partial charge in [0.1, 0.15) is 0 Å². The normalized spacial score (nSPS) is 10.2. The molecule has 0 spiro atoms. The fraction of sp³-hybridized carbons (Fsp3) is 0.286. The van der Waals surface area contributed by atoms with Crippen molar-refractivity contribution < 1.29 is 0 Å². The van der Waals surface area contributed by atoms with Crippen LogP contribution in [0.15, 0.2) is 42.9 Å². The van der Waals surface area contributed by atoms with E-state index in [1.54, 1.807) is 6.20 Å². The van der Waals surface area contributed by atoms with Gasteiger partial charge < -0.3 is 5.32 Å². The molecule has 2 heterocycles. The molecule has 0 aliphatic rings. The Morgan fingerprint density at radius 3 is 2.94 bits per heavy atom. The molecule has 0 aromatic carbocycles. The van der Waals surface area contributed by atoms with E-state index in [2.05, 4.69) is 34.3 Å². The van der Waals surface area contributed by atoms with Crippen molar-refractivity contribution in [2.24, 2.45) is 0 Å². The van der Waals surface area contributed by atoms with Crippen LogP contribution in [0.3, 0.4) is 0 Å². The van der Waals surface area contributed by atoms with Gasteiger partial charge in [-0.25, -0.2) is 0 Å². The number of hydrogen-bond donors (Lipinski definition) is 1. The summed E-state index contributed by atoms with van der Waals surface area (Å²) >= 11 is 0. The summed E-state index contributed by atoms with van der Waals surface area (Å²) in [6, 6.07) is 8.13. The summed E-state index contributed by atoms with van der Waals surface area (Å²) in [5.74, 6) is 0. The predicted octanol–water partition coefficient (Wildman–Crippen LogP) is 2.89. The lowest BCUT2D eigenvalue weighted by atomic mass is 10.1. The molecule has 2 aromatic rings. The molecule has 2 rings (SSSR count). The smallest absolute Gasteiger partial charge is 0.0468 e. The molecule has 0 atom stereocenters. The highest BCUT2D eigenvalue weighted by atomic mass is 14.9. The quantitative estimate of drug-likeness (QED) is 0.853. The zero-order valence-corrected chi connectivity index (χ0v) is 10.1. The summed E-state index contributed by atoms with van der Waals surface area (Å²) in [7, 11) is 0. The maximum absolute atomic E-state index is 4.37. The number of aromatic nitrogens is 2. The van der Waals surface area contributed by atoms with E-state index in [4.69, 9.17) is 0 Å². The second kappa shape index (κ2) is 5.99. The topological polar surface area (TPSA) is 37.8 Å². The standard InChI is InChI=1S/C14H17N3/c1-2-6-16-13-5-8-17-14(10-13)9-12-4-3-7-15-11-12/h3-5,7-8,10-11H,2,6,9H2,1H3,(H,16,17). The molecule has 0 bridgehead atoms. The van der Waals surface area contributed by atoms with Crippen LogP contribution in [0.4, 0.5) is 5.69 Å². The molecule has 0 saturated carbocycles. The van der Waals surface area contributed by atoms with Gasteiger partial charge in [0.2, 0.25) is 0 Å². The molecule has 2 aromatic heterocycles. The summed E-state index contributed by atoms with van der Waals surface area (Å²) in [5, 5.41) is 3.36. The monoisotopic (exact) mass is 227 g/mol. The lowest BCUT2D eigenvalue weighted by Crippen LogP contribution is -2.01. The first-order chi connectivity index (χ1) is 8.38. The molecule has 0 saturated heterocycles. The van der Waals surface area contributed by atoms with Crippen LogP contribution in [0.25, 0.3) is 0 Å². The average Bonchev–Trinajstić information content (AvgIpc) is 2.38. The fourth-order valence-corrected chi connectivity index (χ4v) is 1.67. The van der Waals surface area contributed by atoms with Gasteiger partial charge in [0.05, 0.1) is 0 Å². The third-order valence-corrected chi connectivity index (χ3v) is 2.50. The molecule has 0 unspecified atom stereocenters. The first kappa shape index (κ1) is 11.6. The third kappa shape index (κ3) is 3.55. The van der Waals surface area contributed by atoms with Crippen LogP contribution in [0.2, 0.25) is 0 Å². The maximum Gasteiger partial charge on any atom is 0.0468 e. The van der Waals surface area contributed by atoms with Gasteiger partial charge in [0.25, 0.3) is 0 Å². The number of nitrogens with one attached hydrogen (secondary N) is 1. The molecular formula is C14H17N3. The van der Waals surface area contributed by atoms with Gasteiger partial charge >= 0.3 is 0 Å². The summed E-state index contributed by atoms with van der Waals surface area (Å²) in [6.45, 7) is 3.15. The molecule has 0 radical (unpaired) electrons. The van der Waals surface area contributed by atoms with Crippen molar-refractivity contribution in [3.8, 4) is 0 Å². The second-order valence-electron chi connectivity index (χ2n) is 4.00. The minimum absolute atomic E-state index is 0.829. The summed E-state index contributed by atoms with van der Waals surface area (Å²) in [4.78, 5) is 8.48. The minimum atomic E-state index is 0.829. The Bertz CT molecular complexity index is 454. The molecule has 3 heteroatoms. The van der Waals surface area contributed by atoms with Crippen molar-refractivity contribution in [1.82, 2.24) is 9.97 Å². The Labute approximate surface area is 102 Å². The highest BCUT2D eigenvalue weighted by Crippen LogP contribution is 2.11. The molecule has 0 aliphatic heterocycles. The molecule has 88 valence electrons. The largest absolute Gasteiger partial charge is 0.385 e. The van der Waals surface area contributed by atoms with Crippen molar-refractivity contribution in [2.75, 3.05) is 11.9 Å². The highest BCUT2D eigenvalue weighted by molar-refractivity contribution is 5.43. The van der Waals surface area contributed by atoms with Crippen LogP contribution in [0, 0.1) is 0 Å². The van der Waals surface area contributed by atoms with E-state index in [1.165, 1.54) is 5.56 Å². The predicted molar refractivity (Wildman–Crippen MR) is 70.1 cm³/mol. The van der Waals surface area contributed by atoms with Gasteiger partial charge in [-0.05, 0) is 30.2 Å². The first-order valence-corrected chi connectivity index (χ1v) is 5.96. The summed E-state index contributed by atoms with van der Waals surface area (Å²) < 4.78 is 0. The average molecular weight is 227 g/mol. The zero-order valence-electron chi connectivity index (χ0n) is 10.1. The first-order valence-electron chi connectivity index (χ1n) is 5.96. The molecule has 3 nitrogen and oxygen atoms in total. The van der Waals surface area contributed by atoms with Crippen LogP contribution in [-0.4, -0.2) is 16.5 Å². The van der Waals surface area contributed by atoms with E-state index in [-0.39, 0.29) is 0 Å². The van der Waals surface area contributed by atoms with Gasteiger partial charge in [-0.3, -0.25) is 9.97 Å². The Morgan fingerprint density at radius 2 is 2.18 bits per heavy atom. The molecule has 0 amide bonds. The highest BCUT2D eigenvalue weighted by Gasteiger charge is 1.99. The molecule has 0 aliphatic carbocycles. The molecule has 1 N–H and O–H groups in total. The van der Waals surface area contributed by atoms with Crippen molar-refractivity contribution in [3.63, 3.8) is 0 Å². The molecule has 0 fully saturated rings. The van der Waals surface area contributed by atoms with E-state index < -0.39 is 0 Å². The van der Waals surface area contributed by atoms with E-state index in [0.717, 1.165) is 30.8 Å². The Morgan fingerprint density at radius 1 is 1.24 bits per heavy atom. The van der Waals surface area contributed by atoms with Crippen LogP contribution in [-0.2, 0) is 6.42 Å². The van der Waals surface area contributed by atoms with Crippen LogP contribution >= 0.6 is 0 Å². The SMILES string of the molecule is CCCNc1ccnc(Cc2cccnc2)c1. The molecule has 17 heavy (non-hydrogen) atoms. The van der Waals surface area contributed by atoms with Gasteiger partial charge in [-0.1, -0.05) is 13.0 Å². The lowest BCUT2D eigenvalue weighted by molar-refractivity contribution is 0.974. The Hall–Kier alpha value is -1.90. The fourth-order valence-electron chi connectivity index (χ4n) is 1.67. The van der Waals surface area contributed by atoms with E-state index in [0.29, 0.717) is 0 Å². The number of rotatable bonds is 5. The number of nitrogens with zero attached hydrogens (tertiary/aromatic N) is 2. The Kier molecular flexibility index (Phi) is 4.08. The maximum atomic E-state index is 4.37. The van der Waals surface area contributed by atoms with Crippen molar-refractivity contribution in [2.45, 2.75) is 19.8 Å². The Balaban J connectivity index is 2.06. The lowest BCUT2D eigenvalue weighted by Gasteiger charge is -2.06. The van der Waals surface area contributed by atoms with Gasteiger partial charge in [0, 0.05) is 42.9 Å². The molecular weight excluding hydrogens is 210 g/mol. The number of pyridine rings is 2. The van der Waals surface area contributed by atoms with E-state index >= 15 is 0 Å². The van der Waals surface area contributed by atoms with Crippen LogP contribution in [0.1, 0.15) is 24.6 Å². The van der Waals surface area contributed by atoms with E-state index in [9.17, 15) is 0 Å². The number of anilines is 1. The van der Waals surface area contributed by atoms with E-state index in [1.807, 2.05) is 24.5 Å². The van der Waals surface area contributed by atoms with Crippen molar-refractivity contribution in [3.05, 3.63) is 54.1 Å². The number of hydrogen-bond acceptors (Lipinski definition) is 3. The van der Waals surface area contributed by atoms with Crippen molar-refractivity contribution >= 4 is 5.69 Å².